The second-order valence-electron chi connectivity index (χ2n) is 7.00. The number of nitro groups is 1. The van der Waals surface area contributed by atoms with Crippen LogP contribution in [0.4, 0.5) is 11.4 Å². The van der Waals surface area contributed by atoms with E-state index in [-0.39, 0.29) is 47.7 Å². The van der Waals surface area contributed by atoms with Crippen molar-refractivity contribution in [2.24, 2.45) is 0 Å². The van der Waals surface area contributed by atoms with Gasteiger partial charge in [-0.25, -0.2) is 0 Å². The van der Waals surface area contributed by atoms with E-state index >= 15 is 0 Å². The third-order valence-corrected chi connectivity index (χ3v) is 4.79. The molecule has 0 aliphatic rings. The zero-order valence-corrected chi connectivity index (χ0v) is 18.8. The number of nitrogens with one attached hydrogen (secondary N) is 3. The molecule has 182 valence electrons. The molecule has 0 radical (unpaired) electrons. The lowest BCUT2D eigenvalue weighted by Gasteiger charge is -2.11. The summed E-state index contributed by atoms with van der Waals surface area (Å²) in [5.74, 6) is -1.05. The molecule has 3 rings (SSSR count). The van der Waals surface area contributed by atoms with Crippen LogP contribution in [0.5, 0.6) is 11.5 Å². The molecule has 0 saturated heterocycles. The van der Waals surface area contributed by atoms with E-state index in [0.29, 0.717) is 11.3 Å². The van der Waals surface area contributed by atoms with Gasteiger partial charge in [-0.1, -0.05) is 0 Å². The topological polar surface area (TPSA) is 162 Å². The Bertz CT molecular complexity index is 1220. The van der Waals surface area contributed by atoms with Gasteiger partial charge >= 0.3 is 0 Å². The number of carbonyl (C=O) groups is 3. The van der Waals surface area contributed by atoms with E-state index in [0.717, 1.165) is 6.07 Å². The predicted octanol–water partition coefficient (Wildman–Crippen LogP) is 2.62. The largest absolute Gasteiger partial charge is 0.493 e. The highest BCUT2D eigenvalue weighted by molar-refractivity contribution is 6.07. The van der Waals surface area contributed by atoms with Crippen LogP contribution in [0.2, 0.25) is 0 Å². The SMILES string of the molecule is COc1cc(C(=O)Nc2ccc(C(=O)NCCNC(=O)c3ccco3)cc2)c([N+](=O)[O-])cc1OC. The number of ether oxygens (including phenoxy) is 2. The second kappa shape index (κ2) is 11.3. The third-order valence-electron chi connectivity index (χ3n) is 4.79. The molecule has 0 spiro atoms. The van der Waals surface area contributed by atoms with Crippen LogP contribution in [0.1, 0.15) is 31.3 Å². The summed E-state index contributed by atoms with van der Waals surface area (Å²) in [6.07, 6.45) is 1.39. The van der Waals surface area contributed by atoms with E-state index < -0.39 is 16.5 Å². The van der Waals surface area contributed by atoms with Crippen LogP contribution in [0.25, 0.3) is 0 Å². The summed E-state index contributed by atoms with van der Waals surface area (Å²) in [5.41, 5.74) is -0.0276. The Morgan fingerprint density at radius 3 is 2.11 bits per heavy atom. The lowest BCUT2D eigenvalue weighted by Crippen LogP contribution is -2.34. The van der Waals surface area contributed by atoms with Gasteiger partial charge in [0, 0.05) is 30.4 Å². The van der Waals surface area contributed by atoms with Crippen molar-refractivity contribution in [2.45, 2.75) is 0 Å². The Morgan fingerprint density at radius 2 is 1.54 bits per heavy atom. The molecule has 0 aliphatic heterocycles. The first-order valence-electron chi connectivity index (χ1n) is 10.3. The minimum Gasteiger partial charge on any atom is -0.493 e. The third kappa shape index (κ3) is 6.13. The number of anilines is 1. The Morgan fingerprint density at radius 1 is 0.914 bits per heavy atom. The number of hydrogen-bond donors (Lipinski definition) is 3. The fourth-order valence-electron chi connectivity index (χ4n) is 3.05. The molecule has 12 heteroatoms. The number of furan rings is 1. The molecule has 3 N–H and O–H groups in total. The van der Waals surface area contributed by atoms with Crippen molar-refractivity contribution < 1.29 is 33.2 Å². The van der Waals surface area contributed by atoms with Gasteiger partial charge < -0.3 is 29.8 Å². The number of nitrogens with zero attached hydrogens (tertiary/aromatic N) is 1. The quantitative estimate of drug-likeness (QED) is 0.226. The molecule has 0 aliphatic carbocycles. The van der Waals surface area contributed by atoms with Gasteiger partial charge in [0.2, 0.25) is 0 Å². The molecule has 0 saturated carbocycles. The van der Waals surface area contributed by atoms with Crippen LogP contribution in [-0.2, 0) is 0 Å². The Hall–Kier alpha value is -4.87. The van der Waals surface area contributed by atoms with Gasteiger partial charge in [-0.2, -0.15) is 0 Å². The summed E-state index contributed by atoms with van der Waals surface area (Å²) in [6.45, 7) is 0.385. The maximum absolute atomic E-state index is 12.7. The van der Waals surface area contributed by atoms with Crippen LogP contribution >= 0.6 is 0 Å². The molecule has 0 atom stereocenters. The summed E-state index contributed by atoms with van der Waals surface area (Å²) >= 11 is 0. The van der Waals surface area contributed by atoms with Crippen molar-refractivity contribution in [1.29, 1.82) is 0 Å². The minimum atomic E-state index is -0.734. The van der Waals surface area contributed by atoms with Crippen LogP contribution in [0, 0.1) is 10.1 Å². The van der Waals surface area contributed by atoms with E-state index in [1.807, 2.05) is 0 Å². The highest BCUT2D eigenvalue weighted by atomic mass is 16.6. The van der Waals surface area contributed by atoms with E-state index in [9.17, 15) is 24.5 Å². The minimum absolute atomic E-state index is 0.117. The normalized spacial score (nSPS) is 10.2. The van der Waals surface area contributed by atoms with Crippen molar-refractivity contribution in [3.63, 3.8) is 0 Å². The van der Waals surface area contributed by atoms with E-state index in [1.54, 1.807) is 6.07 Å². The maximum atomic E-state index is 12.7. The Kier molecular flexibility index (Phi) is 8.01. The number of nitro benzene ring substituents is 1. The lowest BCUT2D eigenvalue weighted by molar-refractivity contribution is -0.385. The maximum Gasteiger partial charge on any atom is 0.287 e. The fraction of sp³-hybridized carbons (Fsp3) is 0.174. The smallest absolute Gasteiger partial charge is 0.287 e. The molecule has 0 unspecified atom stereocenters. The average molecular weight is 482 g/mol. The number of methoxy groups -OCH3 is 2. The molecule has 0 bridgehead atoms. The second-order valence-corrected chi connectivity index (χ2v) is 7.00. The van der Waals surface area contributed by atoms with Gasteiger partial charge in [-0.05, 0) is 36.4 Å². The summed E-state index contributed by atoms with van der Waals surface area (Å²) in [4.78, 5) is 47.5. The van der Waals surface area contributed by atoms with Crippen LogP contribution < -0.4 is 25.4 Å². The predicted molar refractivity (Wildman–Crippen MR) is 124 cm³/mol. The summed E-state index contributed by atoms with van der Waals surface area (Å²) in [5, 5.41) is 19.2. The first-order chi connectivity index (χ1) is 16.8. The molecule has 35 heavy (non-hydrogen) atoms. The van der Waals surface area contributed by atoms with E-state index in [2.05, 4.69) is 16.0 Å². The van der Waals surface area contributed by atoms with Crippen molar-refractivity contribution >= 4 is 29.1 Å². The Labute approximate surface area is 199 Å². The summed E-state index contributed by atoms with van der Waals surface area (Å²) in [6, 6.07) is 11.4. The summed E-state index contributed by atoms with van der Waals surface area (Å²) < 4.78 is 15.2. The van der Waals surface area contributed by atoms with Crippen molar-refractivity contribution in [3.8, 4) is 11.5 Å². The monoisotopic (exact) mass is 482 g/mol. The number of rotatable bonds is 10. The first-order valence-corrected chi connectivity index (χ1v) is 10.3. The molecular formula is C23H22N4O8. The molecule has 12 nitrogen and oxygen atoms in total. The van der Waals surface area contributed by atoms with Gasteiger partial charge in [0.1, 0.15) is 5.56 Å². The molecule has 1 aromatic heterocycles. The first kappa shape index (κ1) is 24.8. The zero-order chi connectivity index (χ0) is 25.4. The van der Waals surface area contributed by atoms with Crippen LogP contribution in [0.15, 0.2) is 59.2 Å². The highest BCUT2D eigenvalue weighted by Gasteiger charge is 2.24. The van der Waals surface area contributed by atoms with E-state index in [4.69, 9.17) is 13.9 Å². The molecule has 0 fully saturated rings. The molecule has 3 amide bonds. The van der Waals surface area contributed by atoms with Crippen LogP contribution in [0.3, 0.4) is 0 Å². The van der Waals surface area contributed by atoms with Gasteiger partial charge in [-0.15, -0.1) is 0 Å². The average Bonchev–Trinajstić information content (AvgIpc) is 3.41. The van der Waals surface area contributed by atoms with Crippen molar-refractivity contribution in [2.75, 3.05) is 32.6 Å². The lowest BCUT2D eigenvalue weighted by atomic mass is 10.1. The molecule has 3 aromatic rings. The molecular weight excluding hydrogens is 460 g/mol. The molecule has 2 aromatic carbocycles. The van der Waals surface area contributed by atoms with Gasteiger partial charge in [0.25, 0.3) is 23.4 Å². The number of benzene rings is 2. The molecule has 1 heterocycles. The van der Waals surface area contributed by atoms with Gasteiger partial charge in [0.05, 0.1) is 31.5 Å². The number of hydrogen-bond acceptors (Lipinski definition) is 8. The summed E-state index contributed by atoms with van der Waals surface area (Å²) in [7, 11) is 2.68. The van der Waals surface area contributed by atoms with Crippen LogP contribution in [-0.4, -0.2) is 50.0 Å². The van der Waals surface area contributed by atoms with E-state index in [1.165, 1.54) is 56.9 Å². The van der Waals surface area contributed by atoms with Crippen molar-refractivity contribution in [1.82, 2.24) is 10.6 Å². The number of carbonyl (C=O) groups excluding carboxylic acids is 3. The highest BCUT2D eigenvalue weighted by Crippen LogP contribution is 2.34. The van der Waals surface area contributed by atoms with Gasteiger partial charge in [-0.3, -0.25) is 24.5 Å². The standard InChI is InChI=1S/C23H22N4O8/c1-33-19-12-16(17(27(31)32)13-20(19)34-2)22(29)26-15-7-5-14(6-8-15)21(28)24-9-10-25-23(30)18-4-3-11-35-18/h3-8,11-13H,9-10H2,1-2H3,(H,24,28)(H,25,30)(H,26,29). The van der Waals surface area contributed by atoms with Crippen molar-refractivity contribution in [3.05, 3.63) is 81.8 Å². The fourth-order valence-corrected chi connectivity index (χ4v) is 3.05. The zero-order valence-electron chi connectivity index (χ0n) is 18.8. The van der Waals surface area contributed by atoms with Gasteiger partial charge in [0.15, 0.2) is 17.3 Å². The number of amides is 3. The Balaban J connectivity index is 1.59.